The Balaban J connectivity index is 2.09. The predicted molar refractivity (Wildman–Crippen MR) is 82.1 cm³/mol. The molecular formula is C15H29N5. The summed E-state index contributed by atoms with van der Waals surface area (Å²) in [7, 11) is 0. The molecule has 2 heterocycles. The maximum atomic E-state index is 6.01. The van der Waals surface area contributed by atoms with Gasteiger partial charge in [-0.05, 0) is 33.1 Å². The van der Waals surface area contributed by atoms with Gasteiger partial charge >= 0.3 is 0 Å². The minimum absolute atomic E-state index is 0.145. The van der Waals surface area contributed by atoms with Gasteiger partial charge in [-0.1, -0.05) is 13.3 Å². The Kier molecular flexibility index (Phi) is 5.57. The van der Waals surface area contributed by atoms with Crippen molar-refractivity contribution in [1.82, 2.24) is 20.0 Å². The van der Waals surface area contributed by atoms with Crippen LogP contribution in [0.25, 0.3) is 0 Å². The molecule has 3 unspecified atom stereocenters. The molecule has 0 radical (unpaired) electrons. The first-order valence-electron chi connectivity index (χ1n) is 7.92. The van der Waals surface area contributed by atoms with Gasteiger partial charge in [0.2, 0.25) is 0 Å². The van der Waals surface area contributed by atoms with Gasteiger partial charge in [0.15, 0.2) is 0 Å². The van der Waals surface area contributed by atoms with Crippen LogP contribution in [0.15, 0.2) is 12.5 Å². The number of nitrogens with two attached hydrogens (primary N) is 1. The second kappa shape index (κ2) is 7.20. The van der Waals surface area contributed by atoms with Crippen LogP contribution in [-0.4, -0.2) is 33.2 Å². The number of hydrogen-bond acceptors (Lipinski definition) is 4. The van der Waals surface area contributed by atoms with Crippen molar-refractivity contribution in [2.45, 2.75) is 71.1 Å². The van der Waals surface area contributed by atoms with E-state index in [0.29, 0.717) is 18.6 Å². The molecule has 0 spiro atoms. The van der Waals surface area contributed by atoms with E-state index in [1.54, 1.807) is 0 Å². The third-order valence-corrected chi connectivity index (χ3v) is 4.30. The lowest BCUT2D eigenvalue weighted by atomic mass is 9.99. The molecule has 5 heteroatoms. The van der Waals surface area contributed by atoms with Crippen LogP contribution in [-0.2, 0) is 6.54 Å². The highest BCUT2D eigenvalue weighted by molar-refractivity contribution is 5.06. The van der Waals surface area contributed by atoms with Crippen molar-refractivity contribution in [2.24, 2.45) is 5.73 Å². The number of hydrogen-bond donors (Lipinski definition) is 2. The van der Waals surface area contributed by atoms with E-state index in [1.807, 2.05) is 12.5 Å². The first kappa shape index (κ1) is 15.5. The number of nitrogens with one attached hydrogen (secondary N) is 1. The molecule has 1 aliphatic rings. The summed E-state index contributed by atoms with van der Waals surface area (Å²) < 4.78 is 2.21. The number of imidazole rings is 1. The molecule has 1 aromatic heterocycles. The highest BCUT2D eigenvalue weighted by atomic mass is 15.5. The highest BCUT2D eigenvalue weighted by Crippen LogP contribution is 2.23. The van der Waals surface area contributed by atoms with Crippen molar-refractivity contribution >= 4 is 0 Å². The summed E-state index contributed by atoms with van der Waals surface area (Å²) in [5.41, 5.74) is 10.9. The molecule has 0 amide bonds. The molecule has 0 aliphatic carbocycles. The second-order valence-corrected chi connectivity index (χ2v) is 5.97. The molecule has 114 valence electrons. The average Bonchev–Trinajstić information content (AvgIpc) is 2.87. The van der Waals surface area contributed by atoms with Crippen molar-refractivity contribution in [3.05, 3.63) is 18.2 Å². The minimum Gasteiger partial charge on any atom is -0.333 e. The molecule has 1 saturated heterocycles. The van der Waals surface area contributed by atoms with E-state index in [9.17, 15) is 0 Å². The zero-order chi connectivity index (χ0) is 14.5. The molecule has 3 atom stereocenters. The molecule has 2 rings (SSSR count). The molecule has 0 bridgehead atoms. The summed E-state index contributed by atoms with van der Waals surface area (Å²) in [6, 6.07) is 1.28. The van der Waals surface area contributed by atoms with E-state index in [-0.39, 0.29) is 6.04 Å². The predicted octanol–water partition coefficient (Wildman–Crippen LogP) is 2.06. The van der Waals surface area contributed by atoms with Crippen LogP contribution < -0.4 is 11.2 Å². The molecule has 1 aliphatic heterocycles. The summed E-state index contributed by atoms with van der Waals surface area (Å²) in [5, 5.41) is 2.39. The lowest BCUT2D eigenvalue weighted by Crippen LogP contribution is -2.54. The molecule has 3 N–H and O–H groups in total. The Bertz CT molecular complexity index is 393. The Hall–Kier alpha value is -0.910. The zero-order valence-corrected chi connectivity index (χ0v) is 13.0. The van der Waals surface area contributed by atoms with Crippen molar-refractivity contribution in [3.8, 4) is 0 Å². The maximum Gasteiger partial charge on any atom is 0.0948 e. The number of rotatable bonds is 6. The Morgan fingerprint density at radius 2 is 2.10 bits per heavy atom. The number of aryl methyl sites for hydroxylation is 1. The molecule has 1 fully saturated rings. The van der Waals surface area contributed by atoms with Crippen LogP contribution in [0.1, 0.15) is 58.2 Å². The smallest absolute Gasteiger partial charge is 0.0948 e. The van der Waals surface area contributed by atoms with Gasteiger partial charge in [-0.25, -0.2) is 15.4 Å². The lowest BCUT2D eigenvalue weighted by molar-refractivity contribution is 0.0292. The van der Waals surface area contributed by atoms with Gasteiger partial charge in [0.1, 0.15) is 0 Å². The molecular weight excluding hydrogens is 250 g/mol. The quantitative estimate of drug-likeness (QED) is 0.837. The van der Waals surface area contributed by atoms with Crippen LogP contribution in [0.3, 0.4) is 0 Å². The third kappa shape index (κ3) is 3.40. The van der Waals surface area contributed by atoms with Crippen molar-refractivity contribution in [1.29, 1.82) is 0 Å². The van der Waals surface area contributed by atoms with E-state index in [4.69, 9.17) is 5.73 Å². The van der Waals surface area contributed by atoms with Crippen molar-refractivity contribution in [2.75, 3.05) is 6.54 Å². The Morgan fingerprint density at radius 3 is 2.70 bits per heavy atom. The van der Waals surface area contributed by atoms with E-state index in [1.165, 1.54) is 25.0 Å². The topological polar surface area (TPSA) is 59.1 Å². The van der Waals surface area contributed by atoms with E-state index < -0.39 is 0 Å². The Morgan fingerprint density at radius 1 is 1.40 bits per heavy atom. The Labute approximate surface area is 122 Å². The number of piperidine rings is 1. The first-order chi connectivity index (χ1) is 9.67. The maximum absolute atomic E-state index is 6.01. The second-order valence-electron chi connectivity index (χ2n) is 5.97. The monoisotopic (exact) mass is 279 g/mol. The van der Waals surface area contributed by atoms with Crippen molar-refractivity contribution < 1.29 is 0 Å². The number of aromatic nitrogens is 2. The first-order valence-corrected chi connectivity index (χ1v) is 7.92. The minimum atomic E-state index is 0.145. The third-order valence-electron chi connectivity index (χ3n) is 4.30. The molecule has 20 heavy (non-hydrogen) atoms. The van der Waals surface area contributed by atoms with Gasteiger partial charge in [0.25, 0.3) is 0 Å². The lowest BCUT2D eigenvalue weighted by Gasteiger charge is -2.41. The SMILES string of the molecule is CCCn1cncc1C(CN)NN1C(C)CCCC1C. The highest BCUT2D eigenvalue weighted by Gasteiger charge is 2.27. The fourth-order valence-corrected chi connectivity index (χ4v) is 3.14. The summed E-state index contributed by atoms with van der Waals surface area (Å²) in [5.74, 6) is 0. The zero-order valence-electron chi connectivity index (χ0n) is 13.0. The van der Waals surface area contributed by atoms with Crippen LogP contribution >= 0.6 is 0 Å². The summed E-state index contributed by atoms with van der Waals surface area (Å²) in [4.78, 5) is 4.29. The summed E-state index contributed by atoms with van der Waals surface area (Å²) in [6.07, 6.45) is 8.79. The van der Waals surface area contributed by atoms with E-state index in [2.05, 4.69) is 40.8 Å². The average molecular weight is 279 g/mol. The number of nitrogens with zero attached hydrogens (tertiary/aromatic N) is 3. The molecule has 5 nitrogen and oxygen atoms in total. The van der Waals surface area contributed by atoms with Gasteiger partial charge in [0, 0.05) is 31.4 Å². The van der Waals surface area contributed by atoms with E-state index >= 15 is 0 Å². The fourth-order valence-electron chi connectivity index (χ4n) is 3.14. The van der Waals surface area contributed by atoms with Crippen LogP contribution in [0.2, 0.25) is 0 Å². The molecule has 0 aromatic carbocycles. The van der Waals surface area contributed by atoms with Crippen molar-refractivity contribution in [3.63, 3.8) is 0 Å². The summed E-state index contributed by atoms with van der Waals surface area (Å²) in [6.45, 7) is 8.35. The standard InChI is InChI=1S/C15H29N5/c1-4-8-19-11-17-10-15(19)14(9-16)18-20-12(2)6-5-7-13(20)3/h10-14,18H,4-9,16H2,1-3H3. The molecule has 1 aromatic rings. The van der Waals surface area contributed by atoms with Gasteiger partial charge in [-0.2, -0.15) is 0 Å². The van der Waals surface area contributed by atoms with Gasteiger partial charge in [-0.3, -0.25) is 0 Å². The molecule has 0 saturated carbocycles. The fraction of sp³-hybridized carbons (Fsp3) is 0.800. The van der Waals surface area contributed by atoms with Crippen LogP contribution in [0.5, 0.6) is 0 Å². The van der Waals surface area contributed by atoms with Crippen LogP contribution in [0, 0.1) is 0 Å². The summed E-state index contributed by atoms with van der Waals surface area (Å²) >= 11 is 0. The largest absolute Gasteiger partial charge is 0.333 e. The normalized spacial score (nSPS) is 25.8. The van der Waals surface area contributed by atoms with Crippen LogP contribution in [0.4, 0.5) is 0 Å². The van der Waals surface area contributed by atoms with Gasteiger partial charge in [-0.15, -0.1) is 0 Å². The van der Waals surface area contributed by atoms with Gasteiger partial charge in [0.05, 0.1) is 18.1 Å². The van der Waals surface area contributed by atoms with Gasteiger partial charge < -0.3 is 10.3 Å². The van der Waals surface area contributed by atoms with E-state index in [0.717, 1.165) is 13.0 Å². The number of hydrazine groups is 1.